The second kappa shape index (κ2) is 7.22. The molecule has 2 atom stereocenters. The topological polar surface area (TPSA) is 60.2 Å². The van der Waals surface area contributed by atoms with Gasteiger partial charge in [0.1, 0.15) is 6.04 Å². The molecule has 7 heteroatoms. The lowest BCUT2D eigenvalue weighted by atomic mass is 10.1. The van der Waals surface area contributed by atoms with Gasteiger partial charge in [-0.05, 0) is 18.6 Å². The van der Waals surface area contributed by atoms with Crippen molar-refractivity contribution in [3.05, 3.63) is 46.6 Å². The van der Waals surface area contributed by atoms with Crippen molar-refractivity contribution < 1.29 is 9.26 Å². The van der Waals surface area contributed by atoms with E-state index in [1.807, 2.05) is 31.2 Å². The first-order valence-corrected chi connectivity index (χ1v) is 7.02. The van der Waals surface area contributed by atoms with E-state index in [0.29, 0.717) is 29.8 Å². The molecule has 2 heterocycles. The fraction of sp³-hybridized carbons (Fsp3) is 0.429. The summed E-state index contributed by atoms with van der Waals surface area (Å²) in [7, 11) is 0. The highest BCUT2D eigenvalue weighted by molar-refractivity contribution is 6.31. The third-order valence-corrected chi connectivity index (χ3v) is 3.74. The van der Waals surface area contributed by atoms with Crippen molar-refractivity contribution in [1.82, 2.24) is 15.5 Å². The van der Waals surface area contributed by atoms with Crippen LogP contribution in [0.2, 0.25) is 5.02 Å². The smallest absolute Gasteiger partial charge is 0.246 e. The van der Waals surface area contributed by atoms with E-state index in [2.05, 4.69) is 15.5 Å². The zero-order valence-electron chi connectivity index (χ0n) is 11.6. The number of morpholine rings is 1. The lowest BCUT2D eigenvalue weighted by Gasteiger charge is -2.27. The van der Waals surface area contributed by atoms with Gasteiger partial charge in [0.05, 0.1) is 12.7 Å². The van der Waals surface area contributed by atoms with Crippen LogP contribution >= 0.6 is 24.0 Å². The van der Waals surface area contributed by atoms with Crippen LogP contribution in [0.15, 0.2) is 28.8 Å². The van der Waals surface area contributed by atoms with Crippen LogP contribution in [-0.2, 0) is 11.2 Å². The number of hydrogen-bond donors (Lipinski definition) is 1. The Bertz CT molecular complexity index is 591. The molecule has 1 fully saturated rings. The quantitative estimate of drug-likeness (QED) is 0.938. The van der Waals surface area contributed by atoms with Gasteiger partial charge in [0.2, 0.25) is 5.89 Å². The molecule has 1 N–H and O–H groups in total. The van der Waals surface area contributed by atoms with E-state index in [-0.39, 0.29) is 24.6 Å². The summed E-state index contributed by atoms with van der Waals surface area (Å²) in [5.74, 6) is 1.20. The number of ether oxygens (including phenoxy) is 1. The second-order valence-electron chi connectivity index (χ2n) is 4.82. The van der Waals surface area contributed by atoms with Crippen molar-refractivity contribution in [3.63, 3.8) is 0 Å². The molecule has 0 radical (unpaired) electrons. The van der Waals surface area contributed by atoms with Crippen LogP contribution in [0.25, 0.3) is 0 Å². The number of benzene rings is 1. The Morgan fingerprint density at radius 1 is 1.38 bits per heavy atom. The number of aromatic nitrogens is 2. The van der Waals surface area contributed by atoms with Crippen LogP contribution in [0.3, 0.4) is 0 Å². The van der Waals surface area contributed by atoms with E-state index in [4.69, 9.17) is 20.9 Å². The summed E-state index contributed by atoms with van der Waals surface area (Å²) in [6.07, 6.45) is 0.586. The van der Waals surface area contributed by atoms with E-state index in [0.717, 1.165) is 12.1 Å². The Balaban J connectivity index is 0.00000161. The lowest BCUT2D eigenvalue weighted by Crippen LogP contribution is -2.40. The molecular weight excluding hydrogens is 313 g/mol. The number of halogens is 2. The standard InChI is InChI=1S/C14H16ClN3O2.ClH/c1-9-13(16-6-7-19-9)14-17-12(18-20-14)8-10-4-2-3-5-11(10)15;/h2-5,9,13,16H,6-8H2,1H3;1H/t9-,13+;/m1./s1. The minimum Gasteiger partial charge on any atom is -0.375 e. The zero-order valence-corrected chi connectivity index (χ0v) is 13.2. The van der Waals surface area contributed by atoms with Crippen LogP contribution < -0.4 is 5.32 Å². The first-order valence-electron chi connectivity index (χ1n) is 6.65. The average molecular weight is 330 g/mol. The summed E-state index contributed by atoms with van der Waals surface area (Å²) in [4.78, 5) is 4.44. The van der Waals surface area contributed by atoms with Crippen molar-refractivity contribution >= 4 is 24.0 Å². The zero-order chi connectivity index (χ0) is 13.9. The predicted molar refractivity (Wildman–Crippen MR) is 82.0 cm³/mol. The molecule has 0 aliphatic carbocycles. The van der Waals surface area contributed by atoms with Gasteiger partial charge in [-0.25, -0.2) is 0 Å². The third kappa shape index (κ3) is 3.74. The summed E-state index contributed by atoms with van der Waals surface area (Å²) in [6, 6.07) is 7.62. The molecule has 5 nitrogen and oxygen atoms in total. The molecule has 0 amide bonds. The Morgan fingerprint density at radius 2 is 2.19 bits per heavy atom. The van der Waals surface area contributed by atoms with Gasteiger partial charge in [0.15, 0.2) is 5.82 Å². The van der Waals surface area contributed by atoms with Crippen molar-refractivity contribution in [1.29, 1.82) is 0 Å². The van der Waals surface area contributed by atoms with Crippen LogP contribution in [-0.4, -0.2) is 29.4 Å². The van der Waals surface area contributed by atoms with Crippen molar-refractivity contribution in [2.24, 2.45) is 0 Å². The first-order chi connectivity index (χ1) is 9.74. The van der Waals surface area contributed by atoms with Crippen LogP contribution in [0.4, 0.5) is 0 Å². The van der Waals surface area contributed by atoms with Gasteiger partial charge in [-0.3, -0.25) is 0 Å². The van der Waals surface area contributed by atoms with Crippen molar-refractivity contribution in [2.45, 2.75) is 25.5 Å². The van der Waals surface area contributed by atoms with Crippen LogP contribution in [0, 0.1) is 0 Å². The molecule has 0 spiro atoms. The van der Waals surface area contributed by atoms with E-state index < -0.39 is 0 Å². The average Bonchev–Trinajstić information content (AvgIpc) is 2.90. The molecule has 0 saturated carbocycles. The van der Waals surface area contributed by atoms with E-state index in [1.54, 1.807) is 0 Å². The van der Waals surface area contributed by atoms with Crippen molar-refractivity contribution in [2.75, 3.05) is 13.2 Å². The summed E-state index contributed by atoms with van der Waals surface area (Å²) in [6.45, 7) is 3.49. The molecule has 1 aliphatic rings. The minimum atomic E-state index is -0.0451. The lowest BCUT2D eigenvalue weighted by molar-refractivity contribution is -0.00136. The Kier molecular flexibility index (Phi) is 5.58. The predicted octanol–water partition coefficient (Wildman–Crippen LogP) is 2.79. The largest absolute Gasteiger partial charge is 0.375 e. The normalized spacial score (nSPS) is 21.8. The maximum atomic E-state index is 6.13. The fourth-order valence-corrected chi connectivity index (χ4v) is 2.49. The fourth-order valence-electron chi connectivity index (χ4n) is 2.29. The van der Waals surface area contributed by atoms with Crippen molar-refractivity contribution in [3.8, 4) is 0 Å². The molecule has 0 bridgehead atoms. The maximum Gasteiger partial charge on any atom is 0.246 e. The minimum absolute atomic E-state index is 0. The van der Waals surface area contributed by atoms with Gasteiger partial charge in [-0.1, -0.05) is 35.0 Å². The van der Waals surface area contributed by atoms with Gasteiger partial charge >= 0.3 is 0 Å². The summed E-state index contributed by atoms with van der Waals surface area (Å²) in [5, 5.41) is 8.06. The highest BCUT2D eigenvalue weighted by atomic mass is 35.5. The monoisotopic (exact) mass is 329 g/mol. The SMILES string of the molecule is C[C@H]1OCCN[C@@H]1c1nc(Cc2ccccc2Cl)no1.Cl. The van der Waals surface area contributed by atoms with Gasteiger partial charge in [0.25, 0.3) is 0 Å². The number of nitrogens with one attached hydrogen (secondary N) is 1. The number of hydrogen-bond acceptors (Lipinski definition) is 5. The Morgan fingerprint density at radius 3 is 2.95 bits per heavy atom. The summed E-state index contributed by atoms with van der Waals surface area (Å²) in [5.41, 5.74) is 0.988. The van der Waals surface area contributed by atoms with Gasteiger partial charge < -0.3 is 14.6 Å². The molecule has 1 aromatic heterocycles. The highest BCUT2D eigenvalue weighted by Crippen LogP contribution is 2.22. The maximum absolute atomic E-state index is 6.13. The second-order valence-corrected chi connectivity index (χ2v) is 5.23. The summed E-state index contributed by atoms with van der Waals surface area (Å²) >= 11 is 6.13. The summed E-state index contributed by atoms with van der Waals surface area (Å²) < 4.78 is 10.9. The molecular formula is C14H17Cl2N3O2. The molecule has 114 valence electrons. The van der Waals surface area contributed by atoms with Gasteiger partial charge in [-0.2, -0.15) is 4.98 Å². The van der Waals surface area contributed by atoms with Crippen LogP contribution in [0.1, 0.15) is 30.2 Å². The molecule has 0 unspecified atom stereocenters. The molecule has 3 rings (SSSR count). The highest BCUT2D eigenvalue weighted by Gasteiger charge is 2.28. The molecule has 21 heavy (non-hydrogen) atoms. The third-order valence-electron chi connectivity index (χ3n) is 3.37. The molecule has 1 aromatic carbocycles. The Hall–Kier alpha value is -1.14. The van der Waals surface area contributed by atoms with Crippen LogP contribution in [0.5, 0.6) is 0 Å². The van der Waals surface area contributed by atoms with E-state index >= 15 is 0 Å². The molecule has 2 aromatic rings. The number of nitrogens with zero attached hydrogens (tertiary/aromatic N) is 2. The molecule has 1 saturated heterocycles. The number of rotatable bonds is 3. The molecule has 1 aliphatic heterocycles. The van der Waals surface area contributed by atoms with E-state index in [9.17, 15) is 0 Å². The first kappa shape index (κ1) is 16.2. The van der Waals surface area contributed by atoms with Gasteiger partial charge in [-0.15, -0.1) is 12.4 Å². The Labute approximate surface area is 134 Å². The van der Waals surface area contributed by atoms with Gasteiger partial charge in [0, 0.05) is 18.0 Å². The van der Waals surface area contributed by atoms with E-state index in [1.165, 1.54) is 0 Å².